The normalized spacial score (nSPS) is 20.3. The number of carbonyl (C=O) groups is 1. The van der Waals surface area contributed by atoms with Gasteiger partial charge in [0.1, 0.15) is 5.82 Å². The van der Waals surface area contributed by atoms with Crippen molar-refractivity contribution in [2.45, 2.75) is 26.8 Å². The van der Waals surface area contributed by atoms with Gasteiger partial charge in [-0.1, -0.05) is 13.8 Å². The van der Waals surface area contributed by atoms with Gasteiger partial charge in [0.05, 0.1) is 0 Å². The minimum atomic E-state index is 0.249. The van der Waals surface area contributed by atoms with Gasteiger partial charge in [0.15, 0.2) is 0 Å². The van der Waals surface area contributed by atoms with Crippen LogP contribution in [0.1, 0.15) is 25.8 Å². The van der Waals surface area contributed by atoms with Crippen molar-refractivity contribution in [1.29, 1.82) is 0 Å². The summed E-state index contributed by atoms with van der Waals surface area (Å²) in [6.45, 7) is 5.85. The Morgan fingerprint density at radius 2 is 2.35 bits per heavy atom. The van der Waals surface area contributed by atoms with E-state index in [-0.39, 0.29) is 5.91 Å². The predicted octanol–water partition coefficient (Wildman–Crippen LogP) is 1.67. The van der Waals surface area contributed by atoms with Crippen molar-refractivity contribution in [2.75, 3.05) is 12.3 Å². The van der Waals surface area contributed by atoms with Gasteiger partial charge in [-0.05, 0) is 29.5 Å². The molecule has 92 valence electrons. The number of carbonyl (C=O) groups excluding carboxylic acids is 1. The molecule has 1 fully saturated rings. The van der Waals surface area contributed by atoms with E-state index in [0.717, 1.165) is 12.1 Å². The molecule has 17 heavy (non-hydrogen) atoms. The molecule has 2 heterocycles. The summed E-state index contributed by atoms with van der Waals surface area (Å²) in [4.78, 5) is 17.7. The first kappa shape index (κ1) is 11.9. The van der Waals surface area contributed by atoms with Crippen LogP contribution < -0.4 is 5.73 Å². The van der Waals surface area contributed by atoms with Crippen molar-refractivity contribution in [3.8, 4) is 0 Å². The minimum absolute atomic E-state index is 0.249. The zero-order valence-corrected chi connectivity index (χ0v) is 10.4. The molecule has 4 nitrogen and oxygen atoms in total. The Labute approximate surface area is 102 Å². The van der Waals surface area contributed by atoms with Crippen LogP contribution in [0.5, 0.6) is 0 Å². The van der Waals surface area contributed by atoms with Crippen LogP contribution in [0.25, 0.3) is 0 Å². The van der Waals surface area contributed by atoms with E-state index >= 15 is 0 Å². The first-order chi connectivity index (χ1) is 8.06. The first-order valence-corrected chi connectivity index (χ1v) is 6.04. The van der Waals surface area contributed by atoms with E-state index in [9.17, 15) is 4.79 Å². The molecule has 0 radical (unpaired) electrons. The van der Waals surface area contributed by atoms with Crippen LogP contribution in [0, 0.1) is 11.8 Å². The SMILES string of the molecule is CC(C)C1CC(=O)N(Cc2ccnc(N)c2)C1. The Balaban J connectivity index is 2.03. The number of pyridine rings is 1. The van der Waals surface area contributed by atoms with Crippen LogP contribution in [0.2, 0.25) is 0 Å². The molecule has 1 amide bonds. The number of nitrogens with zero attached hydrogens (tertiary/aromatic N) is 2. The number of nitrogen functional groups attached to an aromatic ring is 1. The van der Waals surface area contributed by atoms with Gasteiger partial charge < -0.3 is 10.6 Å². The van der Waals surface area contributed by atoms with Gasteiger partial charge in [-0.25, -0.2) is 4.98 Å². The van der Waals surface area contributed by atoms with Crippen molar-refractivity contribution >= 4 is 11.7 Å². The number of aromatic nitrogens is 1. The molecule has 4 heteroatoms. The number of likely N-dealkylation sites (tertiary alicyclic amines) is 1. The van der Waals surface area contributed by atoms with Crippen LogP contribution in [0.3, 0.4) is 0 Å². The number of rotatable bonds is 3. The number of nitrogens with two attached hydrogens (primary N) is 1. The van der Waals surface area contributed by atoms with Gasteiger partial charge in [-0.2, -0.15) is 0 Å². The molecule has 2 N–H and O–H groups in total. The minimum Gasteiger partial charge on any atom is -0.384 e. The maximum Gasteiger partial charge on any atom is 0.223 e. The van der Waals surface area contributed by atoms with E-state index in [4.69, 9.17) is 5.73 Å². The quantitative estimate of drug-likeness (QED) is 0.864. The first-order valence-electron chi connectivity index (χ1n) is 6.04. The standard InChI is InChI=1S/C13H19N3O/c1-9(2)11-6-13(17)16(8-11)7-10-3-4-15-12(14)5-10/h3-5,9,11H,6-8H2,1-2H3,(H2,14,15). The maximum absolute atomic E-state index is 11.9. The molecule has 0 bridgehead atoms. The summed E-state index contributed by atoms with van der Waals surface area (Å²) in [5.74, 6) is 1.81. The maximum atomic E-state index is 11.9. The summed E-state index contributed by atoms with van der Waals surface area (Å²) in [6.07, 6.45) is 2.36. The highest BCUT2D eigenvalue weighted by Gasteiger charge is 2.31. The van der Waals surface area contributed by atoms with Gasteiger partial charge in [0.2, 0.25) is 5.91 Å². The van der Waals surface area contributed by atoms with Gasteiger partial charge in [-0.15, -0.1) is 0 Å². The molecule has 1 aliphatic rings. The van der Waals surface area contributed by atoms with E-state index in [1.165, 1.54) is 0 Å². The number of anilines is 1. The lowest BCUT2D eigenvalue weighted by Gasteiger charge is -2.18. The molecule has 1 unspecified atom stereocenters. The summed E-state index contributed by atoms with van der Waals surface area (Å²) >= 11 is 0. The molecular formula is C13H19N3O. The average Bonchev–Trinajstić information content (AvgIpc) is 2.61. The van der Waals surface area contributed by atoms with Gasteiger partial charge in [-0.3, -0.25) is 4.79 Å². The lowest BCUT2D eigenvalue weighted by molar-refractivity contribution is -0.128. The van der Waals surface area contributed by atoms with Crippen LogP contribution in [-0.2, 0) is 11.3 Å². The lowest BCUT2D eigenvalue weighted by atomic mass is 9.95. The number of hydrogen-bond donors (Lipinski definition) is 1. The van der Waals surface area contributed by atoms with E-state index in [1.54, 1.807) is 6.20 Å². The van der Waals surface area contributed by atoms with Crippen molar-refractivity contribution in [2.24, 2.45) is 11.8 Å². The summed E-state index contributed by atoms with van der Waals surface area (Å²) in [7, 11) is 0. The molecule has 2 rings (SSSR count). The van der Waals surface area contributed by atoms with E-state index < -0.39 is 0 Å². The third-order valence-corrected chi connectivity index (χ3v) is 3.41. The topological polar surface area (TPSA) is 59.2 Å². The molecule has 0 saturated carbocycles. The Kier molecular flexibility index (Phi) is 3.31. The van der Waals surface area contributed by atoms with Gasteiger partial charge >= 0.3 is 0 Å². The third-order valence-electron chi connectivity index (χ3n) is 3.41. The average molecular weight is 233 g/mol. The number of amides is 1. The van der Waals surface area contributed by atoms with Gasteiger partial charge in [0, 0.05) is 25.7 Å². The second-order valence-electron chi connectivity index (χ2n) is 5.07. The Morgan fingerprint density at radius 3 is 2.94 bits per heavy atom. The molecule has 1 atom stereocenters. The van der Waals surface area contributed by atoms with Crippen molar-refractivity contribution in [3.63, 3.8) is 0 Å². The number of hydrogen-bond acceptors (Lipinski definition) is 3. The fourth-order valence-corrected chi connectivity index (χ4v) is 2.22. The second-order valence-corrected chi connectivity index (χ2v) is 5.07. The van der Waals surface area contributed by atoms with E-state index in [1.807, 2.05) is 17.0 Å². The zero-order chi connectivity index (χ0) is 12.4. The van der Waals surface area contributed by atoms with Gasteiger partial charge in [0.25, 0.3) is 0 Å². The van der Waals surface area contributed by atoms with Crippen molar-refractivity contribution in [1.82, 2.24) is 9.88 Å². The molecule has 1 aliphatic heterocycles. The van der Waals surface area contributed by atoms with Crippen molar-refractivity contribution < 1.29 is 4.79 Å². The predicted molar refractivity (Wildman–Crippen MR) is 67.0 cm³/mol. The summed E-state index contributed by atoms with van der Waals surface area (Å²) in [5.41, 5.74) is 6.68. The molecule has 0 aliphatic carbocycles. The Hall–Kier alpha value is -1.58. The Morgan fingerprint density at radius 1 is 1.59 bits per heavy atom. The van der Waals surface area contributed by atoms with Crippen LogP contribution in [0.15, 0.2) is 18.3 Å². The molecule has 1 aromatic rings. The fraction of sp³-hybridized carbons (Fsp3) is 0.538. The van der Waals surface area contributed by atoms with Crippen molar-refractivity contribution in [3.05, 3.63) is 23.9 Å². The highest BCUT2D eigenvalue weighted by molar-refractivity contribution is 5.78. The highest BCUT2D eigenvalue weighted by atomic mass is 16.2. The van der Waals surface area contributed by atoms with Crippen LogP contribution in [0.4, 0.5) is 5.82 Å². The zero-order valence-electron chi connectivity index (χ0n) is 10.4. The monoisotopic (exact) mass is 233 g/mol. The van der Waals surface area contributed by atoms with Crippen LogP contribution in [-0.4, -0.2) is 22.3 Å². The molecular weight excluding hydrogens is 214 g/mol. The smallest absolute Gasteiger partial charge is 0.223 e. The molecule has 0 aromatic carbocycles. The lowest BCUT2D eigenvalue weighted by Crippen LogP contribution is -2.25. The molecule has 1 saturated heterocycles. The Bertz CT molecular complexity index is 417. The molecule has 1 aromatic heterocycles. The summed E-state index contributed by atoms with van der Waals surface area (Å²) < 4.78 is 0. The highest BCUT2D eigenvalue weighted by Crippen LogP contribution is 2.26. The second kappa shape index (κ2) is 4.73. The summed E-state index contributed by atoms with van der Waals surface area (Å²) in [5, 5.41) is 0. The third kappa shape index (κ3) is 2.75. The molecule has 0 spiro atoms. The van der Waals surface area contributed by atoms with E-state index in [0.29, 0.717) is 30.6 Å². The fourth-order valence-electron chi connectivity index (χ4n) is 2.22. The van der Waals surface area contributed by atoms with E-state index in [2.05, 4.69) is 18.8 Å². The van der Waals surface area contributed by atoms with Crippen LogP contribution >= 0.6 is 0 Å². The largest absolute Gasteiger partial charge is 0.384 e. The summed E-state index contributed by atoms with van der Waals surface area (Å²) in [6, 6.07) is 3.74.